The molecule has 0 radical (unpaired) electrons. The molecule has 0 spiro atoms. The summed E-state index contributed by atoms with van der Waals surface area (Å²) in [6.07, 6.45) is -3.00. The highest BCUT2D eigenvalue weighted by Gasteiger charge is 2.20. The Morgan fingerprint density at radius 2 is 2.12 bits per heavy atom. The zero-order valence-corrected chi connectivity index (χ0v) is 8.85. The van der Waals surface area contributed by atoms with E-state index in [1.165, 1.54) is 12.1 Å². The van der Waals surface area contributed by atoms with Gasteiger partial charge in [-0.05, 0) is 24.1 Å². The molecule has 16 heavy (non-hydrogen) atoms. The minimum absolute atomic E-state index is 0.219. The molecule has 0 heterocycles. The van der Waals surface area contributed by atoms with Crippen LogP contribution >= 0.6 is 0 Å². The zero-order chi connectivity index (χ0) is 12.3. The third kappa shape index (κ3) is 3.01. The lowest BCUT2D eigenvalue weighted by molar-refractivity contribution is -0.121. The van der Waals surface area contributed by atoms with Gasteiger partial charge < -0.3 is 15.9 Å². The van der Waals surface area contributed by atoms with Crippen LogP contribution in [0.25, 0.3) is 0 Å². The van der Waals surface area contributed by atoms with Gasteiger partial charge >= 0.3 is 0 Å². The Labute approximate surface area is 92.5 Å². The van der Waals surface area contributed by atoms with Gasteiger partial charge in [0.05, 0.1) is 12.5 Å². The van der Waals surface area contributed by atoms with Crippen molar-refractivity contribution < 1.29 is 19.4 Å². The number of aliphatic hydroxyl groups is 2. The van der Waals surface area contributed by atoms with Gasteiger partial charge in [-0.2, -0.15) is 0 Å². The molecule has 4 N–H and O–H groups in total. The Balaban J connectivity index is 2.83. The topological polar surface area (TPSA) is 83.6 Å². The van der Waals surface area contributed by atoms with Crippen LogP contribution in [0.4, 0.5) is 4.39 Å². The van der Waals surface area contributed by atoms with Crippen molar-refractivity contribution >= 4 is 5.91 Å². The Hall–Kier alpha value is -1.46. The minimum atomic E-state index is -1.32. The van der Waals surface area contributed by atoms with Crippen molar-refractivity contribution in [2.45, 2.75) is 25.6 Å². The summed E-state index contributed by atoms with van der Waals surface area (Å²) in [4.78, 5) is 10.5. The number of hydrogen-bond acceptors (Lipinski definition) is 3. The molecular weight excluding hydrogens is 213 g/mol. The Kier molecular flexibility index (Phi) is 3.98. The SMILES string of the molecule is Cc1ccc(C(O)C(O)CC(N)=O)cc1F. The van der Waals surface area contributed by atoms with Crippen LogP contribution in [0.1, 0.15) is 23.7 Å². The van der Waals surface area contributed by atoms with E-state index < -0.39 is 23.9 Å². The van der Waals surface area contributed by atoms with Crippen LogP contribution in [-0.2, 0) is 4.79 Å². The van der Waals surface area contributed by atoms with E-state index in [9.17, 15) is 19.4 Å². The predicted molar refractivity (Wildman–Crippen MR) is 55.9 cm³/mol. The number of aryl methyl sites for hydroxylation is 1. The maximum absolute atomic E-state index is 13.2. The molecule has 88 valence electrons. The van der Waals surface area contributed by atoms with Gasteiger partial charge in [-0.1, -0.05) is 12.1 Å². The van der Waals surface area contributed by atoms with Crippen LogP contribution in [0.3, 0.4) is 0 Å². The maximum atomic E-state index is 13.2. The second kappa shape index (κ2) is 5.05. The number of benzene rings is 1. The molecule has 0 aromatic heterocycles. The number of carbonyl (C=O) groups excluding carboxylic acids is 1. The van der Waals surface area contributed by atoms with Crippen LogP contribution in [0.2, 0.25) is 0 Å². The van der Waals surface area contributed by atoms with Gasteiger partial charge in [0.25, 0.3) is 0 Å². The molecular formula is C11H14FNO3. The van der Waals surface area contributed by atoms with Gasteiger partial charge in [-0.15, -0.1) is 0 Å². The van der Waals surface area contributed by atoms with E-state index in [2.05, 4.69) is 0 Å². The fraction of sp³-hybridized carbons (Fsp3) is 0.364. The quantitative estimate of drug-likeness (QED) is 0.696. The van der Waals surface area contributed by atoms with Gasteiger partial charge in [0.15, 0.2) is 0 Å². The van der Waals surface area contributed by atoms with Crippen LogP contribution in [0.15, 0.2) is 18.2 Å². The van der Waals surface area contributed by atoms with E-state index >= 15 is 0 Å². The fourth-order valence-corrected chi connectivity index (χ4v) is 1.33. The number of carbonyl (C=O) groups is 1. The van der Waals surface area contributed by atoms with Gasteiger partial charge in [0.2, 0.25) is 5.91 Å². The van der Waals surface area contributed by atoms with Crippen molar-refractivity contribution in [2.75, 3.05) is 0 Å². The van der Waals surface area contributed by atoms with Crippen LogP contribution in [-0.4, -0.2) is 22.2 Å². The van der Waals surface area contributed by atoms with Crippen LogP contribution in [0.5, 0.6) is 0 Å². The smallest absolute Gasteiger partial charge is 0.220 e. The third-order valence-corrected chi connectivity index (χ3v) is 2.31. The average Bonchev–Trinajstić information content (AvgIpc) is 2.20. The zero-order valence-electron chi connectivity index (χ0n) is 8.85. The van der Waals surface area contributed by atoms with Gasteiger partial charge in [0.1, 0.15) is 11.9 Å². The van der Waals surface area contributed by atoms with E-state index in [0.29, 0.717) is 5.56 Å². The minimum Gasteiger partial charge on any atom is -0.390 e. The molecule has 0 saturated carbocycles. The first kappa shape index (κ1) is 12.6. The highest BCUT2D eigenvalue weighted by molar-refractivity contribution is 5.74. The van der Waals surface area contributed by atoms with E-state index in [-0.39, 0.29) is 12.0 Å². The van der Waals surface area contributed by atoms with Gasteiger partial charge in [-0.25, -0.2) is 4.39 Å². The number of nitrogens with two attached hydrogens (primary N) is 1. The molecule has 1 amide bonds. The van der Waals surface area contributed by atoms with Crippen molar-refractivity contribution in [1.29, 1.82) is 0 Å². The predicted octanol–water partition coefficient (Wildman–Crippen LogP) is 0.404. The first-order valence-electron chi connectivity index (χ1n) is 4.82. The summed E-state index contributed by atoms with van der Waals surface area (Å²) in [5.74, 6) is -1.19. The normalized spacial score (nSPS) is 14.5. The number of halogens is 1. The summed E-state index contributed by atoms with van der Waals surface area (Å²) in [5, 5.41) is 19.1. The number of rotatable bonds is 4. The van der Waals surface area contributed by atoms with Crippen LogP contribution < -0.4 is 5.73 Å². The summed E-state index contributed by atoms with van der Waals surface area (Å²) >= 11 is 0. The molecule has 1 aromatic rings. The van der Waals surface area contributed by atoms with E-state index in [1.807, 2.05) is 0 Å². The number of hydrogen-bond donors (Lipinski definition) is 3. The molecule has 0 aliphatic rings. The molecule has 4 nitrogen and oxygen atoms in total. The van der Waals surface area contributed by atoms with Crippen molar-refractivity contribution in [3.8, 4) is 0 Å². The number of primary amides is 1. The fourth-order valence-electron chi connectivity index (χ4n) is 1.33. The summed E-state index contributed by atoms with van der Waals surface area (Å²) in [7, 11) is 0. The Morgan fingerprint density at radius 3 is 2.62 bits per heavy atom. The molecule has 0 aliphatic carbocycles. The molecule has 1 rings (SSSR count). The molecule has 0 saturated heterocycles. The molecule has 1 aromatic carbocycles. The first-order valence-corrected chi connectivity index (χ1v) is 4.82. The molecule has 0 fully saturated rings. The Bertz CT molecular complexity index is 395. The standard InChI is InChI=1S/C11H14FNO3/c1-6-2-3-7(4-8(6)12)11(16)9(14)5-10(13)15/h2-4,9,11,14,16H,5H2,1H3,(H2,13,15). The second-order valence-corrected chi connectivity index (χ2v) is 3.69. The summed E-state index contributed by atoms with van der Waals surface area (Å²) in [6, 6.07) is 4.11. The monoisotopic (exact) mass is 227 g/mol. The Morgan fingerprint density at radius 1 is 1.50 bits per heavy atom. The largest absolute Gasteiger partial charge is 0.390 e. The van der Waals surface area contributed by atoms with E-state index in [4.69, 9.17) is 5.73 Å². The lowest BCUT2D eigenvalue weighted by Crippen LogP contribution is -2.25. The number of amides is 1. The van der Waals surface area contributed by atoms with Crippen molar-refractivity contribution in [3.63, 3.8) is 0 Å². The lowest BCUT2D eigenvalue weighted by atomic mass is 10.0. The van der Waals surface area contributed by atoms with E-state index in [1.54, 1.807) is 6.92 Å². The molecule has 0 aliphatic heterocycles. The molecule has 2 atom stereocenters. The maximum Gasteiger partial charge on any atom is 0.220 e. The summed E-state index contributed by atoms with van der Waals surface area (Å²) in [5.41, 5.74) is 5.54. The summed E-state index contributed by atoms with van der Waals surface area (Å²) < 4.78 is 13.2. The van der Waals surface area contributed by atoms with E-state index in [0.717, 1.165) is 6.07 Å². The highest BCUT2D eigenvalue weighted by Crippen LogP contribution is 2.20. The molecule has 5 heteroatoms. The van der Waals surface area contributed by atoms with Crippen molar-refractivity contribution in [3.05, 3.63) is 35.1 Å². The average molecular weight is 227 g/mol. The lowest BCUT2D eigenvalue weighted by Gasteiger charge is -2.17. The third-order valence-electron chi connectivity index (χ3n) is 2.31. The van der Waals surface area contributed by atoms with Crippen molar-refractivity contribution in [2.24, 2.45) is 5.73 Å². The van der Waals surface area contributed by atoms with Gasteiger partial charge in [-0.3, -0.25) is 4.79 Å². The van der Waals surface area contributed by atoms with Crippen LogP contribution in [0, 0.1) is 12.7 Å². The highest BCUT2D eigenvalue weighted by atomic mass is 19.1. The van der Waals surface area contributed by atoms with Crippen molar-refractivity contribution in [1.82, 2.24) is 0 Å². The molecule has 2 unspecified atom stereocenters. The number of aliphatic hydroxyl groups excluding tert-OH is 2. The summed E-state index contributed by atoms with van der Waals surface area (Å²) in [6.45, 7) is 1.59. The second-order valence-electron chi connectivity index (χ2n) is 3.69. The molecule has 0 bridgehead atoms. The van der Waals surface area contributed by atoms with Gasteiger partial charge in [0, 0.05) is 0 Å². The first-order chi connectivity index (χ1) is 7.41.